The monoisotopic (exact) mass is 355 g/mol. The highest BCUT2D eigenvalue weighted by molar-refractivity contribution is 5.86. The van der Waals surface area contributed by atoms with Crippen LogP contribution in [0.4, 0.5) is 9.59 Å². The van der Waals surface area contributed by atoms with Crippen molar-refractivity contribution < 1.29 is 19.8 Å². The molecule has 25 heavy (non-hydrogen) atoms. The van der Waals surface area contributed by atoms with Gasteiger partial charge in [0.2, 0.25) is 0 Å². The molecule has 0 saturated heterocycles. The third kappa shape index (κ3) is 7.66. The molecule has 1 saturated carbocycles. The molecule has 0 unspecified atom stereocenters. The largest absolute Gasteiger partial charge is 0.465 e. The number of unbranched alkanes of at least 4 members (excludes halogenated alkanes) is 8. The van der Waals surface area contributed by atoms with E-state index in [1.165, 1.54) is 44.9 Å². The van der Waals surface area contributed by atoms with Crippen LogP contribution < -0.4 is 0 Å². The molecule has 5 nitrogen and oxygen atoms in total. The first-order chi connectivity index (χ1) is 12.0. The molecule has 1 aliphatic rings. The Balaban J connectivity index is 2.46. The Labute approximate surface area is 152 Å². The fourth-order valence-electron chi connectivity index (χ4n) is 4.22. The molecular formula is C20H37NO4. The maximum Gasteiger partial charge on any atom is 0.417 e. The Morgan fingerprint density at radius 1 is 0.760 bits per heavy atom. The van der Waals surface area contributed by atoms with Gasteiger partial charge in [0.25, 0.3) is 0 Å². The molecule has 146 valence electrons. The Morgan fingerprint density at radius 2 is 1.20 bits per heavy atom. The van der Waals surface area contributed by atoms with Crippen LogP contribution in [-0.2, 0) is 0 Å². The Bertz CT molecular complexity index is 375. The second-order valence-electron chi connectivity index (χ2n) is 7.62. The van der Waals surface area contributed by atoms with Gasteiger partial charge in [-0.25, -0.2) is 14.5 Å². The number of hydrogen-bond acceptors (Lipinski definition) is 2. The standard InChI is InChI=1S/C20H37NO4/c1-2-3-4-5-6-7-8-9-12-15-20(16-13-10-11-14-17-20)21(18(22)23)19(24)25/h2-17H2,1H3,(H,22,23)(H,24,25). The molecule has 0 bridgehead atoms. The molecule has 0 heterocycles. The number of carbonyl (C=O) groups is 2. The van der Waals surface area contributed by atoms with Crippen molar-refractivity contribution in [3.8, 4) is 0 Å². The lowest BCUT2D eigenvalue weighted by molar-refractivity contribution is 0.0551. The normalized spacial score (nSPS) is 17.0. The van der Waals surface area contributed by atoms with Crippen LogP contribution >= 0.6 is 0 Å². The first-order valence-corrected chi connectivity index (χ1v) is 10.3. The van der Waals surface area contributed by atoms with E-state index in [0.717, 1.165) is 43.4 Å². The van der Waals surface area contributed by atoms with Gasteiger partial charge >= 0.3 is 12.2 Å². The van der Waals surface area contributed by atoms with Crippen LogP contribution in [0.3, 0.4) is 0 Å². The lowest BCUT2D eigenvalue weighted by Crippen LogP contribution is -2.53. The van der Waals surface area contributed by atoms with Crippen molar-refractivity contribution in [2.75, 3.05) is 0 Å². The summed E-state index contributed by atoms with van der Waals surface area (Å²) in [6.07, 6.45) is 14.3. The SMILES string of the molecule is CCCCCCCCCCCC1(N(C(=O)O)C(=O)O)CCCCCC1. The molecule has 0 atom stereocenters. The number of hydrogen-bond donors (Lipinski definition) is 2. The summed E-state index contributed by atoms with van der Waals surface area (Å²) in [7, 11) is 0. The summed E-state index contributed by atoms with van der Waals surface area (Å²) in [6, 6.07) is 0. The lowest BCUT2D eigenvalue weighted by Gasteiger charge is -2.39. The second-order valence-corrected chi connectivity index (χ2v) is 7.62. The first kappa shape index (κ1) is 21.8. The van der Waals surface area contributed by atoms with E-state index in [9.17, 15) is 19.8 Å². The summed E-state index contributed by atoms with van der Waals surface area (Å²) in [5.41, 5.74) is -0.699. The molecule has 0 aromatic heterocycles. The average Bonchev–Trinajstić information content (AvgIpc) is 2.79. The molecule has 2 amide bonds. The third-order valence-corrected chi connectivity index (χ3v) is 5.64. The van der Waals surface area contributed by atoms with E-state index >= 15 is 0 Å². The zero-order valence-electron chi connectivity index (χ0n) is 16.0. The van der Waals surface area contributed by atoms with Gasteiger partial charge in [0.05, 0.1) is 5.54 Å². The number of amides is 2. The Hall–Kier alpha value is -1.26. The molecule has 0 spiro atoms. The number of nitrogens with zero attached hydrogens (tertiary/aromatic N) is 1. The van der Waals surface area contributed by atoms with Crippen molar-refractivity contribution in [3.05, 3.63) is 0 Å². The highest BCUT2D eigenvalue weighted by Gasteiger charge is 2.43. The Kier molecular flexibility index (Phi) is 10.6. The van der Waals surface area contributed by atoms with Gasteiger partial charge < -0.3 is 10.2 Å². The highest BCUT2D eigenvalue weighted by atomic mass is 16.4. The minimum atomic E-state index is -1.31. The van der Waals surface area contributed by atoms with Crippen LogP contribution in [0, 0.1) is 0 Å². The summed E-state index contributed by atoms with van der Waals surface area (Å²) in [5, 5.41) is 18.9. The van der Waals surface area contributed by atoms with Gasteiger partial charge in [-0.05, 0) is 19.3 Å². The van der Waals surface area contributed by atoms with E-state index in [-0.39, 0.29) is 0 Å². The van der Waals surface area contributed by atoms with Crippen LogP contribution in [0.15, 0.2) is 0 Å². The van der Waals surface area contributed by atoms with Crippen LogP contribution in [-0.4, -0.2) is 32.8 Å². The van der Waals surface area contributed by atoms with E-state index in [1.54, 1.807) is 0 Å². The predicted molar refractivity (Wildman–Crippen MR) is 100 cm³/mol. The first-order valence-electron chi connectivity index (χ1n) is 10.3. The summed E-state index contributed by atoms with van der Waals surface area (Å²) >= 11 is 0. The van der Waals surface area contributed by atoms with Crippen molar-refractivity contribution in [2.45, 2.75) is 115 Å². The number of imide groups is 1. The van der Waals surface area contributed by atoms with Gasteiger partial charge in [-0.1, -0.05) is 90.4 Å². The Morgan fingerprint density at radius 3 is 1.64 bits per heavy atom. The molecule has 0 aromatic rings. The summed E-state index contributed by atoms with van der Waals surface area (Å²) in [4.78, 5) is 23.9. The zero-order valence-corrected chi connectivity index (χ0v) is 16.0. The van der Waals surface area contributed by atoms with Gasteiger partial charge in [-0.3, -0.25) is 0 Å². The molecule has 0 radical (unpaired) electrons. The van der Waals surface area contributed by atoms with Crippen molar-refractivity contribution in [1.29, 1.82) is 0 Å². The van der Waals surface area contributed by atoms with Gasteiger partial charge in [0.15, 0.2) is 0 Å². The van der Waals surface area contributed by atoms with Crippen LogP contribution in [0.1, 0.15) is 110 Å². The van der Waals surface area contributed by atoms with E-state index in [4.69, 9.17) is 0 Å². The van der Waals surface area contributed by atoms with Gasteiger partial charge in [-0.15, -0.1) is 0 Å². The van der Waals surface area contributed by atoms with E-state index in [1.807, 2.05) is 0 Å². The molecule has 0 aliphatic heterocycles. The van der Waals surface area contributed by atoms with Gasteiger partial charge in [0, 0.05) is 0 Å². The molecule has 0 aromatic carbocycles. The maximum atomic E-state index is 11.6. The second kappa shape index (κ2) is 12.2. The highest BCUT2D eigenvalue weighted by Crippen LogP contribution is 2.37. The van der Waals surface area contributed by atoms with Crippen LogP contribution in [0.25, 0.3) is 0 Å². The van der Waals surface area contributed by atoms with E-state index in [0.29, 0.717) is 19.3 Å². The van der Waals surface area contributed by atoms with Gasteiger partial charge in [-0.2, -0.15) is 0 Å². The molecule has 5 heteroatoms. The molecule has 2 N–H and O–H groups in total. The van der Waals surface area contributed by atoms with Gasteiger partial charge in [0.1, 0.15) is 0 Å². The van der Waals surface area contributed by atoms with Crippen molar-refractivity contribution in [2.24, 2.45) is 0 Å². The summed E-state index contributed by atoms with van der Waals surface area (Å²) < 4.78 is 0. The third-order valence-electron chi connectivity index (χ3n) is 5.64. The number of carboxylic acid groups (broad SMARTS) is 2. The van der Waals surface area contributed by atoms with Crippen LogP contribution in [0.5, 0.6) is 0 Å². The minimum Gasteiger partial charge on any atom is -0.465 e. The maximum absolute atomic E-state index is 11.6. The predicted octanol–water partition coefficient (Wildman–Crippen LogP) is 6.66. The van der Waals surface area contributed by atoms with Crippen molar-refractivity contribution >= 4 is 12.2 Å². The number of rotatable bonds is 11. The summed E-state index contributed by atoms with van der Waals surface area (Å²) in [6.45, 7) is 2.22. The minimum absolute atomic E-state index is 0.682. The fourth-order valence-corrected chi connectivity index (χ4v) is 4.22. The molecule has 1 aliphatic carbocycles. The van der Waals surface area contributed by atoms with Crippen LogP contribution in [0.2, 0.25) is 0 Å². The zero-order chi connectivity index (χ0) is 18.5. The van der Waals surface area contributed by atoms with Crippen molar-refractivity contribution in [3.63, 3.8) is 0 Å². The molecule has 1 fully saturated rings. The molecular weight excluding hydrogens is 318 g/mol. The average molecular weight is 356 g/mol. The topological polar surface area (TPSA) is 77.8 Å². The van der Waals surface area contributed by atoms with Crippen molar-refractivity contribution in [1.82, 2.24) is 4.90 Å². The lowest BCUT2D eigenvalue weighted by atomic mass is 9.83. The fraction of sp³-hybridized carbons (Fsp3) is 0.900. The quantitative estimate of drug-likeness (QED) is 0.321. The van der Waals surface area contributed by atoms with E-state index < -0.39 is 17.7 Å². The molecule has 1 rings (SSSR count). The smallest absolute Gasteiger partial charge is 0.417 e. The van der Waals surface area contributed by atoms with E-state index in [2.05, 4.69) is 6.92 Å². The summed E-state index contributed by atoms with van der Waals surface area (Å²) in [5.74, 6) is 0.